The molecule has 1 amide bonds. The first-order chi connectivity index (χ1) is 10.5. The molecular formula is C15H17FN4O2. The van der Waals surface area contributed by atoms with Crippen molar-refractivity contribution in [2.45, 2.75) is 38.8 Å². The molecule has 0 spiro atoms. The highest BCUT2D eigenvalue weighted by Gasteiger charge is 2.21. The number of aromatic nitrogens is 3. The maximum atomic E-state index is 13.8. The van der Waals surface area contributed by atoms with Gasteiger partial charge in [-0.2, -0.15) is 5.10 Å². The number of carbonyl (C=O) groups excluding carboxylic acids is 1. The molecule has 0 saturated carbocycles. The lowest BCUT2D eigenvalue weighted by Gasteiger charge is -2.16. The zero-order valence-electron chi connectivity index (χ0n) is 12.2. The first-order valence-electron chi connectivity index (χ1n) is 7.25. The van der Waals surface area contributed by atoms with Crippen LogP contribution < -0.4 is 11.0 Å². The average molecular weight is 304 g/mol. The van der Waals surface area contributed by atoms with Gasteiger partial charge in [0.25, 0.3) is 5.91 Å². The molecule has 2 aromatic rings. The van der Waals surface area contributed by atoms with Gasteiger partial charge in [-0.25, -0.2) is 14.3 Å². The second-order valence-corrected chi connectivity index (χ2v) is 5.58. The van der Waals surface area contributed by atoms with E-state index in [1.165, 1.54) is 12.1 Å². The third-order valence-corrected chi connectivity index (χ3v) is 3.96. The Bertz CT molecular complexity index is 765. The van der Waals surface area contributed by atoms with Crippen molar-refractivity contribution in [1.29, 1.82) is 0 Å². The van der Waals surface area contributed by atoms with E-state index in [1.54, 1.807) is 17.6 Å². The molecule has 6 nitrogen and oxygen atoms in total. The number of aromatic amines is 1. The molecule has 0 fully saturated rings. The summed E-state index contributed by atoms with van der Waals surface area (Å²) in [7, 11) is 0. The second kappa shape index (κ2) is 5.75. The fraction of sp³-hybridized carbons (Fsp3) is 0.400. The van der Waals surface area contributed by atoms with Crippen LogP contribution in [0.15, 0.2) is 23.0 Å². The molecule has 2 heterocycles. The lowest BCUT2D eigenvalue weighted by atomic mass is 10.1. The Balaban J connectivity index is 1.69. The molecule has 0 radical (unpaired) electrons. The third-order valence-electron chi connectivity index (χ3n) is 3.96. The Hall–Kier alpha value is -2.44. The molecular weight excluding hydrogens is 287 g/mol. The van der Waals surface area contributed by atoms with E-state index in [1.807, 2.05) is 0 Å². The van der Waals surface area contributed by atoms with Crippen LogP contribution in [0.4, 0.5) is 4.39 Å². The van der Waals surface area contributed by atoms with Gasteiger partial charge in [0.15, 0.2) is 0 Å². The van der Waals surface area contributed by atoms with Crippen molar-refractivity contribution >= 4 is 5.91 Å². The summed E-state index contributed by atoms with van der Waals surface area (Å²) in [6.45, 7) is 2.26. The van der Waals surface area contributed by atoms with Crippen LogP contribution in [0.2, 0.25) is 0 Å². The molecule has 0 saturated heterocycles. The number of fused-ring (bicyclic) bond motifs is 1. The molecule has 116 valence electrons. The van der Waals surface area contributed by atoms with Gasteiger partial charge in [0.2, 0.25) is 0 Å². The largest absolute Gasteiger partial charge is 0.349 e. The van der Waals surface area contributed by atoms with Gasteiger partial charge in [0, 0.05) is 19.0 Å². The summed E-state index contributed by atoms with van der Waals surface area (Å²) in [5.41, 5.74) is 0.588. The SMILES string of the molecule is Cc1ccc(C(=O)NC2CCc3n[nH]c(=O)n3CC2)c(F)c1. The van der Waals surface area contributed by atoms with Crippen LogP contribution in [0.3, 0.4) is 0 Å². The van der Waals surface area contributed by atoms with E-state index in [0.29, 0.717) is 31.6 Å². The number of nitrogens with zero attached hydrogens (tertiary/aromatic N) is 2. The van der Waals surface area contributed by atoms with Crippen molar-refractivity contribution < 1.29 is 9.18 Å². The van der Waals surface area contributed by atoms with E-state index in [4.69, 9.17) is 0 Å². The molecule has 2 N–H and O–H groups in total. The van der Waals surface area contributed by atoms with Gasteiger partial charge in [0.05, 0.1) is 5.56 Å². The van der Waals surface area contributed by atoms with Crippen LogP contribution in [0.25, 0.3) is 0 Å². The van der Waals surface area contributed by atoms with Crippen molar-refractivity contribution in [3.8, 4) is 0 Å². The predicted molar refractivity (Wildman–Crippen MR) is 78.2 cm³/mol. The Morgan fingerprint density at radius 1 is 1.45 bits per heavy atom. The highest BCUT2D eigenvalue weighted by atomic mass is 19.1. The Morgan fingerprint density at radius 3 is 3.05 bits per heavy atom. The van der Waals surface area contributed by atoms with Crippen molar-refractivity contribution in [3.05, 3.63) is 51.5 Å². The van der Waals surface area contributed by atoms with Gasteiger partial charge in [-0.3, -0.25) is 9.36 Å². The molecule has 1 atom stereocenters. The molecule has 1 aromatic carbocycles. The number of hydrogen-bond acceptors (Lipinski definition) is 3. The standard InChI is InChI=1S/C15H17FN4O2/c1-9-2-4-11(12(16)8-9)14(21)17-10-3-5-13-18-19-15(22)20(13)7-6-10/h2,4,8,10H,3,5-7H2,1H3,(H,17,21)(H,19,22). The summed E-state index contributed by atoms with van der Waals surface area (Å²) < 4.78 is 15.4. The first kappa shape index (κ1) is 14.5. The van der Waals surface area contributed by atoms with Crippen LogP contribution in [0.5, 0.6) is 0 Å². The molecule has 7 heteroatoms. The smallest absolute Gasteiger partial charge is 0.343 e. The van der Waals surface area contributed by atoms with Crippen molar-refractivity contribution in [2.75, 3.05) is 0 Å². The van der Waals surface area contributed by atoms with E-state index in [0.717, 1.165) is 5.56 Å². The summed E-state index contributed by atoms with van der Waals surface area (Å²) in [6, 6.07) is 4.44. The molecule has 1 unspecified atom stereocenters. The number of carbonyl (C=O) groups is 1. The number of nitrogens with one attached hydrogen (secondary N) is 2. The minimum absolute atomic E-state index is 0.0467. The van der Waals surface area contributed by atoms with E-state index >= 15 is 0 Å². The van der Waals surface area contributed by atoms with Gasteiger partial charge < -0.3 is 5.32 Å². The van der Waals surface area contributed by atoms with Crippen LogP contribution in [-0.2, 0) is 13.0 Å². The molecule has 1 aliphatic rings. The molecule has 0 bridgehead atoms. The Labute approximate surface area is 126 Å². The molecule has 0 aliphatic carbocycles. The van der Waals surface area contributed by atoms with Crippen molar-refractivity contribution in [3.63, 3.8) is 0 Å². The summed E-state index contributed by atoms with van der Waals surface area (Å²) >= 11 is 0. The number of aryl methyl sites for hydroxylation is 2. The summed E-state index contributed by atoms with van der Waals surface area (Å²) in [4.78, 5) is 23.7. The fourth-order valence-electron chi connectivity index (χ4n) is 2.72. The number of H-pyrrole nitrogens is 1. The maximum Gasteiger partial charge on any atom is 0.343 e. The number of amides is 1. The zero-order valence-corrected chi connectivity index (χ0v) is 12.2. The van der Waals surface area contributed by atoms with Crippen LogP contribution in [0, 0.1) is 12.7 Å². The van der Waals surface area contributed by atoms with Crippen molar-refractivity contribution in [1.82, 2.24) is 20.1 Å². The average Bonchev–Trinajstić information content (AvgIpc) is 2.69. The number of hydrogen-bond donors (Lipinski definition) is 2. The van der Waals surface area contributed by atoms with E-state index in [2.05, 4.69) is 15.5 Å². The van der Waals surface area contributed by atoms with Gasteiger partial charge >= 0.3 is 5.69 Å². The van der Waals surface area contributed by atoms with E-state index in [9.17, 15) is 14.0 Å². The summed E-state index contributed by atoms with van der Waals surface area (Å²) in [5.74, 6) is -0.241. The van der Waals surface area contributed by atoms with Crippen LogP contribution in [0.1, 0.15) is 34.6 Å². The Kier molecular flexibility index (Phi) is 3.79. The monoisotopic (exact) mass is 304 g/mol. The number of halogens is 1. The molecule has 1 aromatic heterocycles. The lowest BCUT2D eigenvalue weighted by Crippen LogP contribution is -2.36. The van der Waals surface area contributed by atoms with E-state index in [-0.39, 0.29) is 17.3 Å². The highest BCUT2D eigenvalue weighted by molar-refractivity contribution is 5.94. The minimum atomic E-state index is -0.518. The van der Waals surface area contributed by atoms with E-state index < -0.39 is 11.7 Å². The van der Waals surface area contributed by atoms with Gasteiger partial charge in [0.1, 0.15) is 11.6 Å². The van der Waals surface area contributed by atoms with Gasteiger partial charge in [-0.15, -0.1) is 0 Å². The zero-order chi connectivity index (χ0) is 15.7. The van der Waals surface area contributed by atoms with Crippen molar-refractivity contribution in [2.24, 2.45) is 0 Å². The second-order valence-electron chi connectivity index (χ2n) is 5.58. The Morgan fingerprint density at radius 2 is 2.27 bits per heavy atom. The fourth-order valence-corrected chi connectivity index (χ4v) is 2.72. The quantitative estimate of drug-likeness (QED) is 0.873. The summed E-state index contributed by atoms with van der Waals surface area (Å²) in [6.07, 6.45) is 1.88. The van der Waals surface area contributed by atoms with Crippen LogP contribution in [-0.4, -0.2) is 26.7 Å². The number of benzene rings is 1. The third kappa shape index (κ3) is 2.79. The number of rotatable bonds is 2. The van der Waals surface area contributed by atoms with Gasteiger partial charge in [-0.05, 0) is 37.5 Å². The summed E-state index contributed by atoms with van der Waals surface area (Å²) in [5, 5.41) is 9.23. The minimum Gasteiger partial charge on any atom is -0.349 e. The molecule has 1 aliphatic heterocycles. The predicted octanol–water partition coefficient (Wildman–Crippen LogP) is 1.15. The topological polar surface area (TPSA) is 79.8 Å². The van der Waals surface area contributed by atoms with Crippen LogP contribution >= 0.6 is 0 Å². The molecule has 22 heavy (non-hydrogen) atoms. The molecule has 3 rings (SSSR count). The maximum absolute atomic E-state index is 13.8. The van der Waals surface area contributed by atoms with Gasteiger partial charge in [-0.1, -0.05) is 6.07 Å². The lowest BCUT2D eigenvalue weighted by molar-refractivity contribution is 0.0929. The first-order valence-corrected chi connectivity index (χ1v) is 7.25. The highest BCUT2D eigenvalue weighted by Crippen LogP contribution is 2.14. The normalized spacial score (nSPS) is 17.6.